The van der Waals surface area contributed by atoms with Crippen LogP contribution in [0.25, 0.3) is 0 Å². The molecule has 3 rings (SSSR count). The Morgan fingerprint density at radius 3 is 2.39 bits per heavy atom. The lowest BCUT2D eigenvalue weighted by Crippen LogP contribution is -2.06. The molecule has 2 aromatic carbocycles. The number of aryl methyl sites for hydroxylation is 2. The molecule has 6 heteroatoms. The third kappa shape index (κ3) is 4.71. The fourth-order valence-electron chi connectivity index (χ4n) is 2.99. The molecule has 6 nitrogen and oxygen atoms in total. The highest BCUT2D eigenvalue weighted by Gasteiger charge is 2.07. The summed E-state index contributed by atoms with van der Waals surface area (Å²) in [5, 5.41) is 6.77. The van der Waals surface area contributed by atoms with Gasteiger partial charge in [-0.2, -0.15) is 0 Å². The van der Waals surface area contributed by atoms with Gasteiger partial charge in [0, 0.05) is 18.3 Å². The number of benzene rings is 2. The minimum atomic E-state index is 0.613. The largest absolute Gasteiger partial charge is 0.493 e. The predicted molar refractivity (Wildman–Crippen MR) is 113 cm³/mol. The van der Waals surface area contributed by atoms with Gasteiger partial charge in [-0.05, 0) is 42.7 Å². The smallest absolute Gasteiger partial charge is 0.161 e. The van der Waals surface area contributed by atoms with Gasteiger partial charge in [0.2, 0.25) is 0 Å². The van der Waals surface area contributed by atoms with Crippen LogP contribution in [-0.2, 0) is 13.0 Å². The molecule has 0 atom stereocenters. The molecule has 1 aromatic heterocycles. The summed E-state index contributed by atoms with van der Waals surface area (Å²) in [5.74, 6) is 3.65. The van der Waals surface area contributed by atoms with Crippen LogP contribution in [0.4, 0.5) is 17.3 Å². The zero-order valence-electron chi connectivity index (χ0n) is 16.7. The van der Waals surface area contributed by atoms with Crippen molar-refractivity contribution in [3.05, 3.63) is 65.5 Å². The van der Waals surface area contributed by atoms with Crippen molar-refractivity contribution in [1.82, 2.24) is 9.97 Å². The number of anilines is 3. The number of nitrogens with zero attached hydrogens (tertiary/aromatic N) is 2. The zero-order valence-corrected chi connectivity index (χ0v) is 16.7. The molecule has 2 N–H and O–H groups in total. The number of aromatic nitrogens is 2. The number of hydrogen-bond donors (Lipinski definition) is 2. The van der Waals surface area contributed by atoms with Crippen LogP contribution < -0.4 is 20.1 Å². The van der Waals surface area contributed by atoms with Gasteiger partial charge in [0.05, 0.1) is 14.2 Å². The Labute approximate surface area is 166 Å². The molecule has 0 aliphatic carbocycles. The summed E-state index contributed by atoms with van der Waals surface area (Å²) in [6.45, 7) is 4.64. The second-order valence-electron chi connectivity index (χ2n) is 6.36. The Balaban J connectivity index is 1.75. The van der Waals surface area contributed by atoms with E-state index in [4.69, 9.17) is 9.47 Å². The third-order valence-electron chi connectivity index (χ3n) is 4.42. The lowest BCUT2D eigenvalue weighted by atomic mass is 10.1. The third-order valence-corrected chi connectivity index (χ3v) is 4.42. The van der Waals surface area contributed by atoms with E-state index in [2.05, 4.69) is 39.7 Å². The monoisotopic (exact) mass is 378 g/mol. The van der Waals surface area contributed by atoms with Gasteiger partial charge in [0.25, 0.3) is 0 Å². The van der Waals surface area contributed by atoms with Gasteiger partial charge in [0.1, 0.15) is 17.5 Å². The van der Waals surface area contributed by atoms with Gasteiger partial charge in [-0.1, -0.05) is 31.2 Å². The number of hydrogen-bond acceptors (Lipinski definition) is 6. The summed E-state index contributed by atoms with van der Waals surface area (Å²) in [6.07, 6.45) is 0.956. The van der Waals surface area contributed by atoms with Crippen molar-refractivity contribution in [2.24, 2.45) is 0 Å². The molecule has 0 bridgehead atoms. The number of nitrogens with one attached hydrogen (secondary N) is 2. The molecule has 0 aliphatic heterocycles. The van der Waals surface area contributed by atoms with E-state index >= 15 is 0 Å². The Bertz CT molecular complexity index is 944. The molecule has 0 unspecified atom stereocenters. The van der Waals surface area contributed by atoms with Crippen molar-refractivity contribution in [3.63, 3.8) is 0 Å². The number of methoxy groups -OCH3 is 2. The molecular weight excluding hydrogens is 352 g/mol. The minimum absolute atomic E-state index is 0.613. The second kappa shape index (κ2) is 9.08. The standard InChI is InChI=1S/C22H26N4O2/c1-5-17-8-6-7-9-18(17)26-22-13-21(24-15(2)25-22)23-14-16-10-11-19(27-3)20(12-16)28-4/h6-13H,5,14H2,1-4H3,(H2,23,24,25,26). The zero-order chi connectivity index (χ0) is 19.9. The van der Waals surface area contributed by atoms with Crippen LogP contribution in [0.2, 0.25) is 0 Å². The quantitative estimate of drug-likeness (QED) is 0.591. The molecule has 1 heterocycles. The normalized spacial score (nSPS) is 10.4. The van der Waals surface area contributed by atoms with E-state index in [9.17, 15) is 0 Å². The predicted octanol–water partition coefficient (Wildman–Crippen LogP) is 4.72. The van der Waals surface area contributed by atoms with E-state index < -0.39 is 0 Å². The van der Waals surface area contributed by atoms with Crippen LogP contribution in [0.5, 0.6) is 11.5 Å². The van der Waals surface area contributed by atoms with E-state index in [1.807, 2.05) is 43.3 Å². The van der Waals surface area contributed by atoms with Crippen LogP contribution in [0, 0.1) is 6.92 Å². The first-order chi connectivity index (χ1) is 13.6. The summed E-state index contributed by atoms with van der Waals surface area (Å²) in [7, 11) is 3.26. The van der Waals surface area contributed by atoms with Crippen LogP contribution in [0.1, 0.15) is 23.9 Å². The SMILES string of the molecule is CCc1ccccc1Nc1cc(NCc2ccc(OC)c(OC)c2)nc(C)n1. The average molecular weight is 378 g/mol. The first-order valence-corrected chi connectivity index (χ1v) is 9.28. The molecule has 0 saturated carbocycles. The van der Waals surface area contributed by atoms with Gasteiger partial charge in [-0.15, -0.1) is 0 Å². The lowest BCUT2D eigenvalue weighted by Gasteiger charge is -2.13. The first-order valence-electron chi connectivity index (χ1n) is 9.28. The Kier molecular flexibility index (Phi) is 6.32. The number of rotatable bonds is 8. The molecule has 0 radical (unpaired) electrons. The highest BCUT2D eigenvalue weighted by atomic mass is 16.5. The van der Waals surface area contributed by atoms with Crippen molar-refractivity contribution in [2.45, 2.75) is 26.8 Å². The van der Waals surface area contributed by atoms with Gasteiger partial charge in [-0.3, -0.25) is 0 Å². The Hall–Kier alpha value is -3.28. The molecule has 0 aliphatic rings. The molecule has 0 fully saturated rings. The maximum Gasteiger partial charge on any atom is 0.161 e. The van der Waals surface area contributed by atoms with Gasteiger partial charge in [-0.25, -0.2) is 9.97 Å². The van der Waals surface area contributed by atoms with Crippen molar-refractivity contribution >= 4 is 17.3 Å². The molecular formula is C22H26N4O2. The van der Waals surface area contributed by atoms with E-state index in [-0.39, 0.29) is 0 Å². The number of ether oxygens (including phenoxy) is 2. The molecule has 0 amide bonds. The van der Waals surface area contributed by atoms with Crippen LogP contribution >= 0.6 is 0 Å². The molecule has 28 heavy (non-hydrogen) atoms. The summed E-state index contributed by atoms with van der Waals surface area (Å²) >= 11 is 0. The number of para-hydroxylation sites is 1. The van der Waals surface area contributed by atoms with E-state index in [0.29, 0.717) is 23.9 Å². The van der Waals surface area contributed by atoms with Crippen LogP contribution in [0.15, 0.2) is 48.5 Å². The molecule has 146 valence electrons. The fraction of sp³-hybridized carbons (Fsp3) is 0.273. The van der Waals surface area contributed by atoms with Gasteiger partial charge in [0.15, 0.2) is 11.5 Å². The van der Waals surface area contributed by atoms with E-state index in [0.717, 1.165) is 29.3 Å². The highest BCUT2D eigenvalue weighted by molar-refractivity contribution is 5.62. The lowest BCUT2D eigenvalue weighted by molar-refractivity contribution is 0.354. The second-order valence-corrected chi connectivity index (χ2v) is 6.36. The van der Waals surface area contributed by atoms with Crippen LogP contribution in [-0.4, -0.2) is 24.2 Å². The van der Waals surface area contributed by atoms with Crippen LogP contribution in [0.3, 0.4) is 0 Å². The van der Waals surface area contributed by atoms with E-state index in [1.165, 1.54) is 5.56 Å². The topological polar surface area (TPSA) is 68.3 Å². The maximum absolute atomic E-state index is 5.37. The van der Waals surface area contributed by atoms with E-state index in [1.54, 1.807) is 14.2 Å². The summed E-state index contributed by atoms with van der Waals surface area (Å²) in [5.41, 5.74) is 3.38. The Morgan fingerprint density at radius 1 is 0.893 bits per heavy atom. The average Bonchev–Trinajstić information content (AvgIpc) is 2.72. The highest BCUT2D eigenvalue weighted by Crippen LogP contribution is 2.28. The fourth-order valence-corrected chi connectivity index (χ4v) is 2.99. The van der Waals surface area contributed by atoms with Gasteiger partial charge < -0.3 is 20.1 Å². The maximum atomic E-state index is 5.37. The molecule has 0 saturated heterocycles. The summed E-state index contributed by atoms with van der Waals surface area (Å²) in [4.78, 5) is 9.00. The first kappa shape index (κ1) is 19.5. The van der Waals surface area contributed by atoms with Crippen molar-refractivity contribution in [1.29, 1.82) is 0 Å². The summed E-state index contributed by atoms with van der Waals surface area (Å²) in [6, 6.07) is 16.0. The molecule has 0 spiro atoms. The van der Waals surface area contributed by atoms with Crippen molar-refractivity contribution in [2.75, 3.05) is 24.9 Å². The summed E-state index contributed by atoms with van der Waals surface area (Å²) < 4.78 is 10.7. The molecule has 3 aromatic rings. The Morgan fingerprint density at radius 2 is 1.64 bits per heavy atom. The van der Waals surface area contributed by atoms with Crippen molar-refractivity contribution in [3.8, 4) is 11.5 Å². The minimum Gasteiger partial charge on any atom is -0.493 e. The van der Waals surface area contributed by atoms with Gasteiger partial charge >= 0.3 is 0 Å². The van der Waals surface area contributed by atoms with Crippen molar-refractivity contribution < 1.29 is 9.47 Å².